The van der Waals surface area contributed by atoms with Gasteiger partial charge in [-0.3, -0.25) is 0 Å². The van der Waals surface area contributed by atoms with Crippen LogP contribution in [-0.4, -0.2) is 5.11 Å². The molecule has 1 saturated carbocycles. The molecule has 0 bridgehead atoms. The topological polar surface area (TPSA) is 20.2 Å². The zero-order valence-corrected chi connectivity index (χ0v) is 10.9. The average molecular weight is 254 g/mol. The molecule has 100 valence electrons. The molecule has 2 atom stereocenters. The summed E-state index contributed by atoms with van der Waals surface area (Å²) in [6, 6.07) is 3.32. The predicted molar refractivity (Wildman–Crippen MR) is 67.1 cm³/mol. The van der Waals surface area contributed by atoms with E-state index in [1.54, 1.807) is 0 Å². The quantitative estimate of drug-likeness (QED) is 0.845. The van der Waals surface area contributed by atoms with Crippen LogP contribution in [0.3, 0.4) is 0 Å². The second-order valence-electron chi connectivity index (χ2n) is 5.76. The highest BCUT2D eigenvalue weighted by Gasteiger charge is 2.38. The third-order valence-electron chi connectivity index (χ3n) is 4.14. The van der Waals surface area contributed by atoms with E-state index in [1.807, 2.05) is 0 Å². The highest BCUT2D eigenvalue weighted by molar-refractivity contribution is 5.26. The van der Waals surface area contributed by atoms with Crippen molar-refractivity contribution >= 4 is 0 Å². The summed E-state index contributed by atoms with van der Waals surface area (Å²) in [5.41, 5.74) is -1.09. The normalized spacial score (nSPS) is 28.7. The maximum atomic E-state index is 13.8. The van der Waals surface area contributed by atoms with Gasteiger partial charge in [-0.25, -0.2) is 8.78 Å². The number of hydrogen-bond donors (Lipinski definition) is 1. The molecule has 1 fully saturated rings. The van der Waals surface area contributed by atoms with Gasteiger partial charge in [0, 0.05) is 5.56 Å². The highest BCUT2D eigenvalue weighted by Crippen LogP contribution is 2.43. The Balaban J connectivity index is 2.32. The van der Waals surface area contributed by atoms with Crippen LogP contribution in [0.4, 0.5) is 8.78 Å². The standard InChI is InChI=1S/C15H20F2O/c1-10(2)11-4-3-7-15(18,9-11)13-8-12(16)5-6-14(13)17/h5-6,8,10-11,18H,3-4,7,9H2,1-2H3. The lowest BCUT2D eigenvalue weighted by Gasteiger charge is -2.39. The summed E-state index contributed by atoms with van der Waals surface area (Å²) in [5.74, 6) is -0.185. The van der Waals surface area contributed by atoms with Gasteiger partial charge in [0.25, 0.3) is 0 Å². The summed E-state index contributed by atoms with van der Waals surface area (Å²) < 4.78 is 27.1. The van der Waals surface area contributed by atoms with Crippen molar-refractivity contribution < 1.29 is 13.9 Å². The van der Waals surface area contributed by atoms with E-state index < -0.39 is 17.2 Å². The summed E-state index contributed by atoms with van der Waals surface area (Å²) in [7, 11) is 0. The van der Waals surface area contributed by atoms with Crippen LogP contribution in [0.5, 0.6) is 0 Å². The fourth-order valence-electron chi connectivity index (χ4n) is 2.96. The fraction of sp³-hybridized carbons (Fsp3) is 0.600. The minimum Gasteiger partial charge on any atom is -0.385 e. The van der Waals surface area contributed by atoms with E-state index in [0.29, 0.717) is 24.7 Å². The van der Waals surface area contributed by atoms with Crippen molar-refractivity contribution in [1.29, 1.82) is 0 Å². The molecule has 0 aliphatic heterocycles. The molecule has 0 saturated heterocycles. The Morgan fingerprint density at radius 2 is 2.06 bits per heavy atom. The van der Waals surface area contributed by atoms with Crippen LogP contribution in [0.1, 0.15) is 45.1 Å². The van der Waals surface area contributed by atoms with Crippen molar-refractivity contribution in [2.45, 2.75) is 45.1 Å². The van der Waals surface area contributed by atoms with Gasteiger partial charge in [-0.1, -0.05) is 13.8 Å². The van der Waals surface area contributed by atoms with Crippen molar-refractivity contribution in [2.75, 3.05) is 0 Å². The molecule has 18 heavy (non-hydrogen) atoms. The van der Waals surface area contributed by atoms with Gasteiger partial charge in [0.2, 0.25) is 0 Å². The van der Waals surface area contributed by atoms with Crippen LogP contribution in [0.25, 0.3) is 0 Å². The summed E-state index contributed by atoms with van der Waals surface area (Å²) in [6.45, 7) is 4.22. The first-order valence-electron chi connectivity index (χ1n) is 6.60. The predicted octanol–water partition coefficient (Wildman–Crippen LogP) is 4.00. The Bertz CT molecular complexity index is 431. The highest BCUT2D eigenvalue weighted by atomic mass is 19.1. The van der Waals surface area contributed by atoms with Gasteiger partial charge in [0.05, 0.1) is 5.60 Å². The molecule has 1 aromatic rings. The first-order chi connectivity index (χ1) is 8.42. The molecule has 0 amide bonds. The third-order valence-corrected chi connectivity index (χ3v) is 4.14. The summed E-state index contributed by atoms with van der Waals surface area (Å²) in [5, 5.41) is 10.7. The molecular formula is C15H20F2O. The maximum Gasteiger partial charge on any atom is 0.129 e. The smallest absolute Gasteiger partial charge is 0.129 e. The lowest BCUT2D eigenvalue weighted by Crippen LogP contribution is -2.35. The van der Waals surface area contributed by atoms with Gasteiger partial charge in [0.15, 0.2) is 0 Å². The molecular weight excluding hydrogens is 234 g/mol. The van der Waals surface area contributed by atoms with E-state index in [2.05, 4.69) is 13.8 Å². The van der Waals surface area contributed by atoms with Crippen molar-refractivity contribution in [2.24, 2.45) is 11.8 Å². The minimum atomic E-state index is -1.21. The van der Waals surface area contributed by atoms with E-state index in [1.165, 1.54) is 0 Å². The van der Waals surface area contributed by atoms with Gasteiger partial charge in [-0.15, -0.1) is 0 Å². The summed E-state index contributed by atoms with van der Waals surface area (Å²) in [6.07, 6.45) is 2.94. The second kappa shape index (κ2) is 4.96. The van der Waals surface area contributed by atoms with Crippen molar-refractivity contribution in [3.8, 4) is 0 Å². The van der Waals surface area contributed by atoms with Crippen LogP contribution in [0.15, 0.2) is 18.2 Å². The summed E-state index contributed by atoms with van der Waals surface area (Å²) in [4.78, 5) is 0. The van der Waals surface area contributed by atoms with Gasteiger partial charge in [-0.05, 0) is 55.7 Å². The zero-order valence-electron chi connectivity index (χ0n) is 10.9. The molecule has 1 aliphatic carbocycles. The minimum absolute atomic E-state index is 0.118. The SMILES string of the molecule is CC(C)C1CCCC(O)(c2cc(F)ccc2F)C1. The lowest BCUT2D eigenvalue weighted by molar-refractivity contribution is -0.0324. The Morgan fingerprint density at radius 1 is 1.33 bits per heavy atom. The Hall–Kier alpha value is -0.960. The number of aliphatic hydroxyl groups is 1. The fourth-order valence-corrected chi connectivity index (χ4v) is 2.96. The Kier molecular flexibility index (Phi) is 3.71. The number of rotatable bonds is 2. The molecule has 1 N–H and O–H groups in total. The number of hydrogen-bond acceptors (Lipinski definition) is 1. The second-order valence-corrected chi connectivity index (χ2v) is 5.76. The van der Waals surface area contributed by atoms with Gasteiger partial charge >= 0.3 is 0 Å². The van der Waals surface area contributed by atoms with E-state index >= 15 is 0 Å². The zero-order chi connectivity index (χ0) is 13.3. The average Bonchev–Trinajstić information content (AvgIpc) is 2.32. The van der Waals surface area contributed by atoms with E-state index in [0.717, 1.165) is 31.0 Å². The van der Waals surface area contributed by atoms with Crippen LogP contribution in [0, 0.1) is 23.5 Å². The lowest BCUT2D eigenvalue weighted by atomic mass is 9.71. The molecule has 1 nitrogen and oxygen atoms in total. The molecule has 1 aromatic carbocycles. The largest absolute Gasteiger partial charge is 0.385 e. The monoisotopic (exact) mass is 254 g/mol. The van der Waals surface area contributed by atoms with E-state index in [4.69, 9.17) is 0 Å². The number of halogens is 2. The number of benzene rings is 1. The van der Waals surface area contributed by atoms with Crippen LogP contribution in [-0.2, 0) is 5.60 Å². The Labute approximate surface area is 107 Å². The third kappa shape index (κ3) is 2.56. The summed E-state index contributed by atoms with van der Waals surface area (Å²) >= 11 is 0. The first kappa shape index (κ1) is 13.5. The van der Waals surface area contributed by atoms with Crippen LogP contribution < -0.4 is 0 Å². The van der Waals surface area contributed by atoms with Crippen LogP contribution >= 0.6 is 0 Å². The molecule has 3 heteroatoms. The van der Waals surface area contributed by atoms with Gasteiger partial charge in [-0.2, -0.15) is 0 Å². The van der Waals surface area contributed by atoms with E-state index in [9.17, 15) is 13.9 Å². The van der Waals surface area contributed by atoms with Gasteiger partial charge < -0.3 is 5.11 Å². The maximum absolute atomic E-state index is 13.8. The van der Waals surface area contributed by atoms with Gasteiger partial charge in [0.1, 0.15) is 11.6 Å². The molecule has 0 spiro atoms. The first-order valence-corrected chi connectivity index (χ1v) is 6.60. The van der Waals surface area contributed by atoms with E-state index in [-0.39, 0.29) is 5.56 Å². The van der Waals surface area contributed by atoms with Crippen molar-refractivity contribution in [3.63, 3.8) is 0 Å². The van der Waals surface area contributed by atoms with Crippen LogP contribution in [0.2, 0.25) is 0 Å². The Morgan fingerprint density at radius 3 is 2.72 bits per heavy atom. The molecule has 2 rings (SSSR count). The molecule has 0 aromatic heterocycles. The van der Waals surface area contributed by atoms with Crippen molar-refractivity contribution in [1.82, 2.24) is 0 Å². The van der Waals surface area contributed by atoms with Crippen molar-refractivity contribution in [3.05, 3.63) is 35.4 Å². The molecule has 0 heterocycles. The molecule has 2 unspecified atom stereocenters. The molecule has 1 aliphatic rings. The molecule has 0 radical (unpaired) electrons.